The molecule has 0 amide bonds. The lowest BCUT2D eigenvalue weighted by Crippen LogP contribution is -1.87. The molecule has 0 aliphatic heterocycles. The monoisotopic (exact) mass is 306 g/mol. The summed E-state index contributed by atoms with van der Waals surface area (Å²) in [6, 6.07) is 15.0. The Morgan fingerprint density at radius 3 is 2.52 bits per heavy atom. The zero-order chi connectivity index (χ0) is 16.2. The smallest absolute Gasteiger partial charge is 0.125 e. The van der Waals surface area contributed by atoms with E-state index < -0.39 is 5.82 Å². The molecule has 114 valence electrons. The van der Waals surface area contributed by atoms with Crippen molar-refractivity contribution >= 4 is 17.8 Å². The van der Waals surface area contributed by atoms with E-state index in [0.29, 0.717) is 16.9 Å². The van der Waals surface area contributed by atoms with Gasteiger partial charge in [-0.1, -0.05) is 24.3 Å². The fourth-order valence-corrected chi connectivity index (χ4v) is 2.27. The van der Waals surface area contributed by atoms with Crippen LogP contribution in [0.4, 0.5) is 10.1 Å². The highest BCUT2D eigenvalue weighted by Crippen LogP contribution is 2.28. The number of hydrogen-bond donors (Lipinski definition) is 2. The van der Waals surface area contributed by atoms with Crippen LogP contribution in [0.15, 0.2) is 60.8 Å². The first-order valence-electron chi connectivity index (χ1n) is 7.10. The van der Waals surface area contributed by atoms with Crippen molar-refractivity contribution in [1.29, 1.82) is 0 Å². The molecule has 0 radical (unpaired) electrons. The van der Waals surface area contributed by atoms with Crippen LogP contribution in [0.25, 0.3) is 23.4 Å². The third-order valence-corrected chi connectivity index (χ3v) is 3.40. The molecule has 1 aromatic heterocycles. The van der Waals surface area contributed by atoms with Crippen LogP contribution in [-0.4, -0.2) is 10.1 Å². The Hall–Kier alpha value is -3.14. The molecule has 3 nitrogen and oxygen atoms in total. The van der Waals surface area contributed by atoms with E-state index in [2.05, 4.69) is 4.98 Å². The Morgan fingerprint density at radius 2 is 1.74 bits per heavy atom. The molecule has 0 bridgehead atoms. The van der Waals surface area contributed by atoms with E-state index in [0.717, 1.165) is 11.1 Å². The second kappa shape index (κ2) is 6.32. The summed E-state index contributed by atoms with van der Waals surface area (Å²) < 4.78 is 13.4. The van der Waals surface area contributed by atoms with E-state index in [4.69, 9.17) is 5.73 Å². The minimum atomic E-state index is -0.416. The fourth-order valence-electron chi connectivity index (χ4n) is 2.27. The minimum Gasteiger partial charge on any atom is -0.507 e. The van der Waals surface area contributed by atoms with Crippen LogP contribution < -0.4 is 5.73 Å². The van der Waals surface area contributed by atoms with Crippen LogP contribution in [0.1, 0.15) is 11.1 Å². The highest BCUT2D eigenvalue weighted by molar-refractivity contribution is 5.74. The average molecular weight is 306 g/mol. The summed E-state index contributed by atoms with van der Waals surface area (Å²) in [5.74, 6) is -0.420. The number of phenols is 1. The predicted molar refractivity (Wildman–Crippen MR) is 91.1 cm³/mol. The molecule has 4 heteroatoms. The summed E-state index contributed by atoms with van der Waals surface area (Å²) in [4.78, 5) is 4.20. The summed E-state index contributed by atoms with van der Waals surface area (Å²) in [6.07, 6.45) is 5.47. The van der Waals surface area contributed by atoms with Gasteiger partial charge in [0.2, 0.25) is 0 Å². The van der Waals surface area contributed by atoms with Gasteiger partial charge in [0, 0.05) is 17.4 Å². The SMILES string of the molecule is Nc1cccc(/C=C/c2ccnc(-c3cc(F)ccc3O)c2)c1. The molecule has 3 aromatic rings. The first-order chi connectivity index (χ1) is 11.1. The van der Waals surface area contributed by atoms with Crippen molar-refractivity contribution in [2.75, 3.05) is 5.73 Å². The molecule has 0 fully saturated rings. The second-order valence-corrected chi connectivity index (χ2v) is 5.14. The molecule has 1 heterocycles. The van der Waals surface area contributed by atoms with Crippen molar-refractivity contribution in [3.8, 4) is 17.0 Å². The number of aromatic nitrogens is 1. The highest BCUT2D eigenvalue weighted by Gasteiger charge is 2.07. The van der Waals surface area contributed by atoms with E-state index in [1.807, 2.05) is 42.5 Å². The number of rotatable bonds is 3. The number of nitrogens with two attached hydrogens (primary N) is 1. The van der Waals surface area contributed by atoms with Gasteiger partial charge in [0.05, 0.1) is 5.69 Å². The predicted octanol–water partition coefficient (Wildman–Crippen LogP) is 4.35. The number of aromatic hydroxyl groups is 1. The Kier molecular flexibility index (Phi) is 4.06. The van der Waals surface area contributed by atoms with Gasteiger partial charge in [-0.25, -0.2) is 4.39 Å². The van der Waals surface area contributed by atoms with Crippen molar-refractivity contribution < 1.29 is 9.50 Å². The van der Waals surface area contributed by atoms with Crippen molar-refractivity contribution in [3.63, 3.8) is 0 Å². The number of pyridine rings is 1. The average Bonchev–Trinajstić information content (AvgIpc) is 2.55. The Bertz CT molecular complexity index is 875. The second-order valence-electron chi connectivity index (χ2n) is 5.14. The standard InChI is InChI=1S/C19H15FN2O/c20-15-6-7-19(23)17(12-15)18-11-14(8-9-22-18)5-4-13-2-1-3-16(21)10-13/h1-12,23H,21H2/b5-4+. The van der Waals surface area contributed by atoms with E-state index in [-0.39, 0.29) is 5.75 Å². The maximum atomic E-state index is 13.4. The van der Waals surface area contributed by atoms with E-state index in [1.165, 1.54) is 18.2 Å². The molecule has 3 rings (SSSR count). The number of nitrogens with zero attached hydrogens (tertiary/aromatic N) is 1. The molecule has 3 N–H and O–H groups in total. The number of benzene rings is 2. The quantitative estimate of drug-likeness (QED) is 0.707. The van der Waals surface area contributed by atoms with E-state index in [1.54, 1.807) is 12.3 Å². The van der Waals surface area contributed by atoms with Crippen LogP contribution in [0, 0.1) is 5.82 Å². The summed E-state index contributed by atoms with van der Waals surface area (Å²) in [6.45, 7) is 0. The third-order valence-electron chi connectivity index (χ3n) is 3.40. The van der Waals surface area contributed by atoms with Crippen LogP contribution in [0.3, 0.4) is 0 Å². The van der Waals surface area contributed by atoms with Gasteiger partial charge in [0.1, 0.15) is 11.6 Å². The maximum Gasteiger partial charge on any atom is 0.125 e. The number of halogens is 1. The number of nitrogen functional groups attached to an aromatic ring is 1. The number of hydrogen-bond acceptors (Lipinski definition) is 3. The van der Waals surface area contributed by atoms with Gasteiger partial charge in [0.25, 0.3) is 0 Å². The third kappa shape index (κ3) is 3.55. The van der Waals surface area contributed by atoms with Crippen LogP contribution >= 0.6 is 0 Å². The van der Waals surface area contributed by atoms with Gasteiger partial charge in [0.15, 0.2) is 0 Å². The molecule has 2 aromatic carbocycles. The summed E-state index contributed by atoms with van der Waals surface area (Å²) in [5, 5.41) is 9.88. The van der Waals surface area contributed by atoms with Crippen LogP contribution in [-0.2, 0) is 0 Å². The van der Waals surface area contributed by atoms with E-state index >= 15 is 0 Å². The molecule has 0 atom stereocenters. The van der Waals surface area contributed by atoms with Crippen molar-refractivity contribution in [3.05, 3.63) is 77.7 Å². The minimum absolute atomic E-state index is 0.00383. The normalized spacial score (nSPS) is 11.0. The molecule has 0 aliphatic carbocycles. The topological polar surface area (TPSA) is 59.1 Å². The van der Waals surface area contributed by atoms with Crippen molar-refractivity contribution in [2.45, 2.75) is 0 Å². The first-order valence-corrected chi connectivity index (χ1v) is 7.10. The van der Waals surface area contributed by atoms with Gasteiger partial charge in [-0.2, -0.15) is 0 Å². The molecule has 0 aliphatic rings. The molecular weight excluding hydrogens is 291 g/mol. The van der Waals surface area contributed by atoms with Gasteiger partial charge in [-0.05, 0) is 53.6 Å². The zero-order valence-corrected chi connectivity index (χ0v) is 12.3. The largest absolute Gasteiger partial charge is 0.507 e. The summed E-state index contributed by atoms with van der Waals surface area (Å²) >= 11 is 0. The van der Waals surface area contributed by atoms with Crippen molar-refractivity contribution in [2.24, 2.45) is 0 Å². The first kappa shape index (κ1) is 14.8. The van der Waals surface area contributed by atoms with Crippen molar-refractivity contribution in [1.82, 2.24) is 4.98 Å². The van der Waals surface area contributed by atoms with Gasteiger partial charge < -0.3 is 10.8 Å². The molecular formula is C19H15FN2O. The fraction of sp³-hybridized carbons (Fsp3) is 0. The van der Waals surface area contributed by atoms with Crippen LogP contribution in [0.2, 0.25) is 0 Å². The van der Waals surface area contributed by atoms with Crippen LogP contribution in [0.5, 0.6) is 5.75 Å². The molecule has 0 saturated carbocycles. The maximum absolute atomic E-state index is 13.4. The number of anilines is 1. The lowest BCUT2D eigenvalue weighted by Gasteiger charge is -2.05. The Labute approximate surface area is 133 Å². The van der Waals surface area contributed by atoms with Gasteiger partial charge >= 0.3 is 0 Å². The summed E-state index contributed by atoms with van der Waals surface area (Å²) in [5.41, 5.74) is 9.20. The molecule has 0 spiro atoms. The van der Waals surface area contributed by atoms with Gasteiger partial charge in [-0.3, -0.25) is 4.98 Å². The Balaban J connectivity index is 1.92. The lowest BCUT2D eigenvalue weighted by molar-refractivity contribution is 0.475. The molecule has 0 unspecified atom stereocenters. The Morgan fingerprint density at radius 1 is 0.957 bits per heavy atom. The summed E-state index contributed by atoms with van der Waals surface area (Å²) in [7, 11) is 0. The lowest BCUT2D eigenvalue weighted by atomic mass is 10.1. The molecule has 23 heavy (non-hydrogen) atoms. The highest BCUT2D eigenvalue weighted by atomic mass is 19.1. The number of phenolic OH excluding ortho intramolecular Hbond substituents is 1. The van der Waals surface area contributed by atoms with E-state index in [9.17, 15) is 9.50 Å². The van der Waals surface area contributed by atoms with Gasteiger partial charge in [-0.15, -0.1) is 0 Å². The zero-order valence-electron chi connectivity index (χ0n) is 12.3. The molecule has 0 saturated heterocycles.